The molecule has 0 saturated carbocycles. The zero-order valence-electron chi connectivity index (χ0n) is 11.2. The summed E-state index contributed by atoms with van der Waals surface area (Å²) < 4.78 is 0. The Balaban J connectivity index is 2.18. The molecule has 1 fully saturated rings. The highest BCUT2D eigenvalue weighted by Gasteiger charge is 2.18. The van der Waals surface area contributed by atoms with Crippen LogP contribution in [0.1, 0.15) is 44.6 Å². The van der Waals surface area contributed by atoms with Crippen molar-refractivity contribution in [3.8, 4) is 0 Å². The van der Waals surface area contributed by atoms with Gasteiger partial charge in [0.15, 0.2) is 0 Å². The summed E-state index contributed by atoms with van der Waals surface area (Å²) in [5, 5.41) is 0. The maximum Gasteiger partial charge on any atom is 0.132 e. The summed E-state index contributed by atoms with van der Waals surface area (Å²) in [5.74, 6) is 2.92. The van der Waals surface area contributed by atoms with E-state index < -0.39 is 0 Å². The van der Waals surface area contributed by atoms with Gasteiger partial charge in [-0.25, -0.2) is 9.97 Å². The molecule has 0 N–H and O–H groups in total. The van der Waals surface area contributed by atoms with Crippen LogP contribution in [0.15, 0.2) is 6.07 Å². The van der Waals surface area contributed by atoms with E-state index in [9.17, 15) is 0 Å². The molecule has 2 rings (SSSR count). The van der Waals surface area contributed by atoms with E-state index in [0.29, 0.717) is 0 Å². The fourth-order valence-corrected chi connectivity index (χ4v) is 2.51. The highest BCUT2D eigenvalue weighted by molar-refractivity contribution is 5.40. The minimum absolute atomic E-state index is 0.786. The Hall–Kier alpha value is -1.12. The van der Waals surface area contributed by atoms with Crippen molar-refractivity contribution in [3.63, 3.8) is 0 Å². The number of anilines is 1. The average molecular weight is 233 g/mol. The molecule has 1 atom stereocenters. The van der Waals surface area contributed by atoms with E-state index in [1.807, 2.05) is 0 Å². The molecule has 94 valence electrons. The lowest BCUT2D eigenvalue weighted by molar-refractivity contribution is 0.444. The van der Waals surface area contributed by atoms with Crippen LogP contribution in [0.5, 0.6) is 0 Å². The first kappa shape index (κ1) is 12.3. The molecule has 0 radical (unpaired) electrons. The maximum atomic E-state index is 4.70. The van der Waals surface area contributed by atoms with Crippen molar-refractivity contribution in [1.82, 2.24) is 9.97 Å². The molecule has 3 heteroatoms. The lowest BCUT2D eigenvalue weighted by Gasteiger charge is -2.32. The van der Waals surface area contributed by atoms with E-state index in [1.54, 1.807) is 0 Å². The number of nitrogens with zero attached hydrogens (tertiary/aromatic N) is 3. The lowest BCUT2D eigenvalue weighted by atomic mass is 10.0. The van der Waals surface area contributed by atoms with Crippen molar-refractivity contribution in [1.29, 1.82) is 0 Å². The van der Waals surface area contributed by atoms with Gasteiger partial charge in [-0.05, 0) is 32.1 Å². The van der Waals surface area contributed by atoms with Crippen molar-refractivity contribution in [2.45, 2.75) is 46.5 Å². The monoisotopic (exact) mass is 233 g/mol. The largest absolute Gasteiger partial charge is 0.356 e. The molecular weight excluding hydrogens is 210 g/mol. The minimum Gasteiger partial charge on any atom is -0.356 e. The average Bonchev–Trinajstić information content (AvgIpc) is 2.28. The Bertz CT molecular complexity index is 376. The third-order valence-electron chi connectivity index (χ3n) is 3.34. The normalized spacial score (nSPS) is 20.6. The zero-order chi connectivity index (χ0) is 12.3. The second-order valence-electron chi connectivity index (χ2n) is 5.23. The van der Waals surface area contributed by atoms with Gasteiger partial charge in [-0.1, -0.05) is 13.8 Å². The van der Waals surface area contributed by atoms with Crippen LogP contribution >= 0.6 is 0 Å². The van der Waals surface area contributed by atoms with Crippen molar-refractivity contribution >= 4 is 5.82 Å². The molecule has 1 saturated heterocycles. The van der Waals surface area contributed by atoms with Crippen LogP contribution in [0, 0.1) is 12.8 Å². The van der Waals surface area contributed by atoms with Crippen LogP contribution in [0.2, 0.25) is 0 Å². The molecule has 17 heavy (non-hydrogen) atoms. The molecular formula is C14H23N3. The lowest BCUT2D eigenvalue weighted by Crippen LogP contribution is -2.35. The number of piperidine rings is 1. The molecule has 0 aliphatic carbocycles. The Morgan fingerprint density at radius 1 is 1.41 bits per heavy atom. The first-order valence-electron chi connectivity index (χ1n) is 6.78. The van der Waals surface area contributed by atoms with Crippen LogP contribution in [-0.4, -0.2) is 23.1 Å². The van der Waals surface area contributed by atoms with Gasteiger partial charge in [0.2, 0.25) is 0 Å². The van der Waals surface area contributed by atoms with Crippen LogP contribution < -0.4 is 4.90 Å². The van der Waals surface area contributed by atoms with Crippen molar-refractivity contribution in [2.75, 3.05) is 18.0 Å². The highest BCUT2D eigenvalue weighted by Crippen LogP contribution is 2.21. The van der Waals surface area contributed by atoms with E-state index in [4.69, 9.17) is 4.98 Å². The van der Waals surface area contributed by atoms with Gasteiger partial charge in [-0.15, -0.1) is 0 Å². The van der Waals surface area contributed by atoms with Gasteiger partial charge >= 0.3 is 0 Å². The molecule has 1 aliphatic rings. The van der Waals surface area contributed by atoms with Gasteiger partial charge in [0, 0.05) is 31.3 Å². The first-order valence-corrected chi connectivity index (χ1v) is 6.78. The Morgan fingerprint density at radius 2 is 2.24 bits per heavy atom. The quantitative estimate of drug-likeness (QED) is 0.803. The van der Waals surface area contributed by atoms with E-state index in [1.165, 1.54) is 12.8 Å². The fourth-order valence-electron chi connectivity index (χ4n) is 2.51. The summed E-state index contributed by atoms with van der Waals surface area (Å²) in [6.07, 6.45) is 4.73. The molecule has 2 heterocycles. The number of aromatic nitrogens is 2. The predicted molar refractivity (Wildman–Crippen MR) is 71.4 cm³/mol. The highest BCUT2D eigenvalue weighted by atomic mass is 15.2. The summed E-state index contributed by atoms with van der Waals surface area (Å²) in [5.41, 5.74) is 1.09. The molecule has 1 aromatic rings. The molecule has 3 nitrogen and oxygen atoms in total. The molecule has 0 aromatic carbocycles. The van der Waals surface area contributed by atoms with E-state index in [-0.39, 0.29) is 0 Å². The van der Waals surface area contributed by atoms with Crippen LogP contribution in [0.4, 0.5) is 5.82 Å². The second kappa shape index (κ2) is 5.48. The number of hydrogen-bond acceptors (Lipinski definition) is 3. The van der Waals surface area contributed by atoms with Crippen LogP contribution in [-0.2, 0) is 6.42 Å². The van der Waals surface area contributed by atoms with Crippen LogP contribution in [0.25, 0.3) is 0 Å². The van der Waals surface area contributed by atoms with Gasteiger partial charge in [0.05, 0.1) is 0 Å². The summed E-state index contributed by atoms with van der Waals surface area (Å²) in [6, 6.07) is 2.12. The molecule has 0 unspecified atom stereocenters. The first-order chi connectivity index (χ1) is 8.19. The number of aryl methyl sites for hydroxylation is 2. The van der Waals surface area contributed by atoms with Crippen molar-refractivity contribution in [2.24, 2.45) is 5.92 Å². The van der Waals surface area contributed by atoms with E-state index >= 15 is 0 Å². The van der Waals surface area contributed by atoms with Crippen molar-refractivity contribution < 1.29 is 0 Å². The number of rotatable bonds is 3. The Morgan fingerprint density at radius 3 is 2.94 bits per heavy atom. The molecule has 1 aromatic heterocycles. The smallest absolute Gasteiger partial charge is 0.132 e. The minimum atomic E-state index is 0.786. The Kier molecular flexibility index (Phi) is 3.97. The molecule has 0 bridgehead atoms. The second-order valence-corrected chi connectivity index (χ2v) is 5.23. The third-order valence-corrected chi connectivity index (χ3v) is 3.34. The standard InChI is InChI=1S/C14H23N3/c1-4-6-13-15-12(3)9-14(16-13)17-8-5-7-11(2)10-17/h9,11H,4-8,10H2,1-3H3/t11-/m0/s1. The van der Waals surface area contributed by atoms with E-state index in [2.05, 4.69) is 36.7 Å². The molecule has 0 amide bonds. The van der Waals surface area contributed by atoms with E-state index in [0.717, 1.165) is 49.2 Å². The number of hydrogen-bond donors (Lipinski definition) is 0. The summed E-state index contributed by atoms with van der Waals surface area (Å²) in [7, 11) is 0. The third kappa shape index (κ3) is 3.18. The SMILES string of the molecule is CCCc1nc(C)cc(N2CCC[C@H](C)C2)n1. The van der Waals surface area contributed by atoms with Gasteiger partial charge in [0.1, 0.15) is 11.6 Å². The zero-order valence-corrected chi connectivity index (χ0v) is 11.2. The topological polar surface area (TPSA) is 29.0 Å². The predicted octanol–water partition coefficient (Wildman–Crippen LogP) is 2.97. The van der Waals surface area contributed by atoms with Gasteiger partial charge < -0.3 is 4.90 Å². The summed E-state index contributed by atoms with van der Waals surface area (Å²) in [4.78, 5) is 11.6. The van der Waals surface area contributed by atoms with Gasteiger partial charge in [-0.2, -0.15) is 0 Å². The fraction of sp³-hybridized carbons (Fsp3) is 0.714. The summed E-state index contributed by atoms with van der Waals surface area (Å²) >= 11 is 0. The maximum absolute atomic E-state index is 4.70. The van der Waals surface area contributed by atoms with Crippen molar-refractivity contribution in [3.05, 3.63) is 17.6 Å². The molecule has 0 spiro atoms. The van der Waals surface area contributed by atoms with Gasteiger partial charge in [-0.3, -0.25) is 0 Å². The Labute approximate surface area is 104 Å². The molecule has 1 aliphatic heterocycles. The summed E-state index contributed by atoms with van der Waals surface area (Å²) in [6.45, 7) is 8.85. The van der Waals surface area contributed by atoms with Gasteiger partial charge in [0.25, 0.3) is 0 Å². The van der Waals surface area contributed by atoms with Crippen LogP contribution in [0.3, 0.4) is 0 Å².